The minimum absolute atomic E-state index is 0.437. The second kappa shape index (κ2) is 6.18. The number of methoxy groups -OCH3 is 1. The standard InChI is InChI=1S/C13H18ClN3O/c1-18-9-10-2-4-17(5-3-10)13-6-11(7-15)12(14)8-16-13/h2,6,8H,3-5,7,9,15H2,1H3. The molecule has 0 spiro atoms. The Hall–Kier alpha value is -1.10. The van der Waals surface area contributed by atoms with E-state index >= 15 is 0 Å². The van der Waals surface area contributed by atoms with Crippen molar-refractivity contribution in [3.8, 4) is 0 Å². The summed E-state index contributed by atoms with van der Waals surface area (Å²) in [4.78, 5) is 6.58. The van der Waals surface area contributed by atoms with Gasteiger partial charge in [0.15, 0.2) is 0 Å². The van der Waals surface area contributed by atoms with E-state index in [0.717, 1.165) is 37.5 Å². The van der Waals surface area contributed by atoms with E-state index in [1.807, 2.05) is 6.07 Å². The molecule has 0 saturated heterocycles. The van der Waals surface area contributed by atoms with Crippen LogP contribution in [0.5, 0.6) is 0 Å². The maximum atomic E-state index is 6.01. The van der Waals surface area contributed by atoms with Crippen molar-refractivity contribution < 1.29 is 4.74 Å². The molecule has 0 aromatic carbocycles. The quantitative estimate of drug-likeness (QED) is 0.848. The van der Waals surface area contributed by atoms with Gasteiger partial charge in [0.2, 0.25) is 0 Å². The second-order valence-corrected chi connectivity index (χ2v) is 4.74. The number of hydrogen-bond donors (Lipinski definition) is 1. The third kappa shape index (κ3) is 3.02. The minimum Gasteiger partial charge on any atom is -0.380 e. The Morgan fingerprint density at radius 1 is 1.56 bits per heavy atom. The fourth-order valence-electron chi connectivity index (χ4n) is 2.03. The van der Waals surface area contributed by atoms with E-state index in [1.54, 1.807) is 13.3 Å². The van der Waals surface area contributed by atoms with Crippen LogP contribution in [-0.2, 0) is 11.3 Å². The normalized spacial score (nSPS) is 15.7. The lowest BCUT2D eigenvalue weighted by Gasteiger charge is -2.27. The van der Waals surface area contributed by atoms with Gasteiger partial charge in [0.05, 0.1) is 11.6 Å². The van der Waals surface area contributed by atoms with Crippen LogP contribution in [0.3, 0.4) is 0 Å². The van der Waals surface area contributed by atoms with Crippen molar-refractivity contribution in [3.63, 3.8) is 0 Å². The summed E-state index contributed by atoms with van der Waals surface area (Å²) in [7, 11) is 1.72. The molecule has 0 atom stereocenters. The first-order valence-electron chi connectivity index (χ1n) is 6.01. The zero-order valence-electron chi connectivity index (χ0n) is 10.5. The molecule has 4 nitrogen and oxygen atoms in total. The Labute approximate surface area is 112 Å². The Morgan fingerprint density at radius 2 is 2.39 bits per heavy atom. The molecule has 0 amide bonds. The number of rotatable bonds is 4. The Balaban J connectivity index is 2.10. The van der Waals surface area contributed by atoms with E-state index in [2.05, 4.69) is 16.0 Å². The van der Waals surface area contributed by atoms with Gasteiger partial charge in [-0.25, -0.2) is 4.98 Å². The number of halogens is 1. The molecule has 1 aromatic heterocycles. The topological polar surface area (TPSA) is 51.4 Å². The van der Waals surface area contributed by atoms with Crippen molar-refractivity contribution >= 4 is 17.4 Å². The fraction of sp³-hybridized carbons (Fsp3) is 0.462. The van der Waals surface area contributed by atoms with Crippen LogP contribution in [-0.4, -0.2) is 31.8 Å². The Morgan fingerprint density at radius 3 is 3.00 bits per heavy atom. The summed E-state index contributed by atoms with van der Waals surface area (Å²) in [6.45, 7) is 2.97. The van der Waals surface area contributed by atoms with Gasteiger partial charge in [-0.05, 0) is 23.6 Å². The fourth-order valence-corrected chi connectivity index (χ4v) is 2.21. The minimum atomic E-state index is 0.437. The van der Waals surface area contributed by atoms with Crippen molar-refractivity contribution in [2.24, 2.45) is 5.73 Å². The highest BCUT2D eigenvalue weighted by atomic mass is 35.5. The molecule has 0 radical (unpaired) electrons. The summed E-state index contributed by atoms with van der Waals surface area (Å²) >= 11 is 6.01. The van der Waals surface area contributed by atoms with Crippen molar-refractivity contribution in [2.45, 2.75) is 13.0 Å². The van der Waals surface area contributed by atoms with Crippen molar-refractivity contribution in [1.29, 1.82) is 0 Å². The third-order valence-corrected chi connectivity index (χ3v) is 3.44. The lowest BCUT2D eigenvalue weighted by Crippen LogP contribution is -2.30. The van der Waals surface area contributed by atoms with Crippen LogP contribution in [0.2, 0.25) is 5.02 Å². The molecule has 2 rings (SSSR count). The number of aromatic nitrogens is 1. The highest BCUT2D eigenvalue weighted by Gasteiger charge is 2.14. The number of nitrogens with zero attached hydrogens (tertiary/aromatic N) is 2. The first-order chi connectivity index (χ1) is 8.74. The van der Waals surface area contributed by atoms with Gasteiger partial charge in [-0.3, -0.25) is 0 Å². The number of ether oxygens (including phenoxy) is 1. The highest BCUT2D eigenvalue weighted by Crippen LogP contribution is 2.22. The van der Waals surface area contributed by atoms with Gasteiger partial charge in [-0.15, -0.1) is 0 Å². The summed E-state index contributed by atoms with van der Waals surface area (Å²) in [5, 5.41) is 0.633. The number of pyridine rings is 1. The number of hydrogen-bond acceptors (Lipinski definition) is 4. The molecule has 5 heteroatoms. The SMILES string of the molecule is COCC1=CCN(c2cc(CN)c(Cl)cn2)CC1. The number of anilines is 1. The molecule has 1 aliphatic rings. The molecule has 2 N–H and O–H groups in total. The molecule has 0 unspecified atom stereocenters. The van der Waals surface area contributed by atoms with Gasteiger partial charge >= 0.3 is 0 Å². The van der Waals surface area contributed by atoms with E-state index < -0.39 is 0 Å². The van der Waals surface area contributed by atoms with Crippen LogP contribution in [0.1, 0.15) is 12.0 Å². The monoisotopic (exact) mass is 267 g/mol. The highest BCUT2D eigenvalue weighted by molar-refractivity contribution is 6.31. The van der Waals surface area contributed by atoms with E-state index in [0.29, 0.717) is 11.6 Å². The zero-order valence-corrected chi connectivity index (χ0v) is 11.3. The molecule has 0 fully saturated rings. The summed E-state index contributed by atoms with van der Waals surface area (Å²) in [5.41, 5.74) is 7.94. The Kier molecular flexibility index (Phi) is 4.58. The van der Waals surface area contributed by atoms with E-state index in [9.17, 15) is 0 Å². The molecule has 98 valence electrons. The first-order valence-corrected chi connectivity index (χ1v) is 6.38. The predicted molar refractivity (Wildman–Crippen MR) is 73.9 cm³/mol. The molecule has 1 aliphatic heterocycles. The predicted octanol–water partition coefficient (Wildman–Crippen LogP) is 1.98. The van der Waals surface area contributed by atoms with Gasteiger partial charge in [0.25, 0.3) is 0 Å². The maximum Gasteiger partial charge on any atom is 0.129 e. The van der Waals surface area contributed by atoms with Crippen LogP contribution < -0.4 is 10.6 Å². The molecule has 1 aromatic rings. The molecule has 0 saturated carbocycles. The van der Waals surface area contributed by atoms with Crippen LogP contribution >= 0.6 is 11.6 Å². The molecular weight excluding hydrogens is 250 g/mol. The molecule has 18 heavy (non-hydrogen) atoms. The second-order valence-electron chi connectivity index (χ2n) is 4.33. The average Bonchev–Trinajstić information content (AvgIpc) is 2.41. The van der Waals surface area contributed by atoms with Crippen LogP contribution in [0.25, 0.3) is 0 Å². The summed E-state index contributed by atoms with van der Waals surface area (Å²) < 4.78 is 5.14. The molecule has 0 aliphatic carbocycles. The van der Waals surface area contributed by atoms with E-state index in [1.165, 1.54) is 5.57 Å². The largest absolute Gasteiger partial charge is 0.380 e. The third-order valence-electron chi connectivity index (χ3n) is 3.10. The van der Waals surface area contributed by atoms with Crippen LogP contribution in [0.4, 0.5) is 5.82 Å². The molecule has 0 bridgehead atoms. The number of nitrogens with two attached hydrogens (primary N) is 1. The molecule has 2 heterocycles. The van der Waals surface area contributed by atoms with Gasteiger partial charge in [0.1, 0.15) is 5.82 Å². The van der Waals surface area contributed by atoms with Gasteiger partial charge in [0, 0.05) is 32.9 Å². The first kappa shape index (κ1) is 13.3. The van der Waals surface area contributed by atoms with Gasteiger partial charge < -0.3 is 15.4 Å². The van der Waals surface area contributed by atoms with Crippen molar-refractivity contribution in [3.05, 3.63) is 34.5 Å². The maximum absolute atomic E-state index is 6.01. The summed E-state index contributed by atoms with van der Waals surface area (Å²) in [6, 6.07) is 1.97. The van der Waals surface area contributed by atoms with E-state index in [4.69, 9.17) is 22.1 Å². The van der Waals surface area contributed by atoms with Crippen molar-refractivity contribution in [2.75, 3.05) is 31.7 Å². The van der Waals surface area contributed by atoms with Gasteiger partial charge in [-0.2, -0.15) is 0 Å². The van der Waals surface area contributed by atoms with Crippen LogP contribution in [0, 0.1) is 0 Å². The zero-order chi connectivity index (χ0) is 13.0. The summed E-state index contributed by atoms with van der Waals surface area (Å²) in [5.74, 6) is 0.938. The van der Waals surface area contributed by atoms with Gasteiger partial charge in [-0.1, -0.05) is 17.7 Å². The average molecular weight is 268 g/mol. The Bertz CT molecular complexity index is 448. The molecular formula is C13H18ClN3O. The van der Waals surface area contributed by atoms with E-state index in [-0.39, 0.29) is 0 Å². The van der Waals surface area contributed by atoms with Crippen molar-refractivity contribution in [1.82, 2.24) is 4.98 Å². The lowest BCUT2D eigenvalue weighted by molar-refractivity contribution is 0.222. The summed E-state index contributed by atoms with van der Waals surface area (Å²) in [6.07, 6.45) is 4.88. The smallest absolute Gasteiger partial charge is 0.129 e. The lowest BCUT2D eigenvalue weighted by atomic mass is 10.1. The van der Waals surface area contributed by atoms with Crippen LogP contribution in [0.15, 0.2) is 23.9 Å².